The Morgan fingerprint density at radius 2 is 1.79 bits per heavy atom. The maximum atomic E-state index is 13.3. The number of carbonyl (C=O) groups is 2. The number of aromatic hydroxyl groups is 1. The number of aliphatic carboxylic acids is 1. The number of aromatic nitrogens is 1. The van der Waals surface area contributed by atoms with E-state index in [4.69, 9.17) is 23.2 Å². The predicted molar refractivity (Wildman–Crippen MR) is 114 cm³/mol. The Balaban J connectivity index is 2.31. The number of phenols is 1. The summed E-state index contributed by atoms with van der Waals surface area (Å²) in [5, 5.41) is 21.1. The van der Waals surface area contributed by atoms with Crippen LogP contribution in [0.2, 0.25) is 10.0 Å². The molecule has 5 nitrogen and oxygen atoms in total. The minimum absolute atomic E-state index is 0.00572. The highest BCUT2D eigenvalue weighted by atomic mass is 35.5. The molecule has 0 radical (unpaired) electrons. The SMILES string of the molecule is CC[C@H](C)C(C(=O)O)c1c(C)n(C(=O)c2ccc(Cl)c(Cl)c2)c2ccc(O)cc12. The maximum absolute atomic E-state index is 13.3. The molecule has 2 aromatic carbocycles. The van der Waals surface area contributed by atoms with Gasteiger partial charge in [-0.15, -0.1) is 0 Å². The third kappa shape index (κ3) is 3.72. The summed E-state index contributed by atoms with van der Waals surface area (Å²) in [7, 11) is 0. The number of rotatable bonds is 5. The average molecular weight is 434 g/mol. The van der Waals surface area contributed by atoms with E-state index in [9.17, 15) is 19.8 Å². The van der Waals surface area contributed by atoms with Crippen LogP contribution < -0.4 is 0 Å². The summed E-state index contributed by atoms with van der Waals surface area (Å²) >= 11 is 12.0. The zero-order chi connectivity index (χ0) is 21.5. The topological polar surface area (TPSA) is 79.5 Å². The van der Waals surface area contributed by atoms with Gasteiger partial charge in [0.2, 0.25) is 0 Å². The lowest BCUT2D eigenvalue weighted by Gasteiger charge is -2.20. The van der Waals surface area contributed by atoms with E-state index in [2.05, 4.69) is 0 Å². The van der Waals surface area contributed by atoms with E-state index in [1.165, 1.54) is 22.8 Å². The summed E-state index contributed by atoms with van der Waals surface area (Å²) in [6, 6.07) is 9.21. The van der Waals surface area contributed by atoms with Crippen molar-refractivity contribution in [1.29, 1.82) is 0 Å². The van der Waals surface area contributed by atoms with Crippen molar-refractivity contribution in [2.24, 2.45) is 5.92 Å². The summed E-state index contributed by atoms with van der Waals surface area (Å²) < 4.78 is 1.47. The monoisotopic (exact) mass is 433 g/mol. The van der Waals surface area contributed by atoms with E-state index in [1.54, 1.807) is 25.1 Å². The summed E-state index contributed by atoms with van der Waals surface area (Å²) in [5.74, 6) is -2.28. The Morgan fingerprint density at radius 1 is 1.10 bits per heavy atom. The molecule has 152 valence electrons. The lowest BCUT2D eigenvalue weighted by Crippen LogP contribution is -2.21. The van der Waals surface area contributed by atoms with E-state index in [0.29, 0.717) is 39.2 Å². The van der Waals surface area contributed by atoms with Crippen LogP contribution in [-0.4, -0.2) is 26.7 Å². The van der Waals surface area contributed by atoms with Crippen molar-refractivity contribution in [3.05, 3.63) is 63.3 Å². The first-order chi connectivity index (χ1) is 13.7. The maximum Gasteiger partial charge on any atom is 0.311 e. The molecule has 0 fully saturated rings. The van der Waals surface area contributed by atoms with Gasteiger partial charge in [-0.2, -0.15) is 0 Å². The van der Waals surface area contributed by atoms with Gasteiger partial charge in [0.15, 0.2) is 0 Å². The van der Waals surface area contributed by atoms with Crippen molar-refractivity contribution in [1.82, 2.24) is 4.57 Å². The summed E-state index contributed by atoms with van der Waals surface area (Å²) in [6.07, 6.45) is 0.655. The smallest absolute Gasteiger partial charge is 0.311 e. The number of carboxylic acid groups (broad SMARTS) is 1. The van der Waals surface area contributed by atoms with Crippen LogP contribution >= 0.6 is 23.2 Å². The molecule has 0 amide bonds. The lowest BCUT2D eigenvalue weighted by atomic mass is 9.84. The lowest BCUT2D eigenvalue weighted by molar-refractivity contribution is -0.140. The number of phenolic OH excluding ortho intramolecular Hbond substituents is 1. The van der Waals surface area contributed by atoms with Crippen LogP contribution in [0.15, 0.2) is 36.4 Å². The molecule has 0 saturated heterocycles. The molecule has 0 bridgehead atoms. The summed E-state index contributed by atoms with van der Waals surface area (Å²) in [5.41, 5.74) is 1.91. The zero-order valence-electron chi connectivity index (χ0n) is 16.2. The average Bonchev–Trinajstić information content (AvgIpc) is 2.94. The Bertz CT molecular complexity index is 1120. The molecule has 1 unspecified atom stereocenters. The first-order valence-corrected chi connectivity index (χ1v) is 9.99. The molecular formula is C22H21Cl2NO4. The van der Waals surface area contributed by atoms with Crippen molar-refractivity contribution in [2.45, 2.75) is 33.1 Å². The molecule has 1 heterocycles. The number of carbonyl (C=O) groups excluding carboxylic acids is 1. The number of hydrogen-bond acceptors (Lipinski definition) is 3. The van der Waals surface area contributed by atoms with Crippen LogP contribution in [0.5, 0.6) is 5.75 Å². The van der Waals surface area contributed by atoms with Gasteiger partial charge in [-0.1, -0.05) is 43.5 Å². The minimum atomic E-state index is -0.966. The summed E-state index contributed by atoms with van der Waals surface area (Å²) in [4.78, 5) is 25.4. The fourth-order valence-electron chi connectivity index (χ4n) is 3.73. The molecule has 2 N–H and O–H groups in total. The largest absolute Gasteiger partial charge is 0.508 e. The molecule has 0 aliphatic carbocycles. The molecule has 2 atom stereocenters. The fraction of sp³-hybridized carbons (Fsp3) is 0.273. The molecule has 29 heavy (non-hydrogen) atoms. The first kappa shape index (κ1) is 21.2. The van der Waals surface area contributed by atoms with Crippen LogP contribution in [0.3, 0.4) is 0 Å². The van der Waals surface area contributed by atoms with Crippen LogP contribution in [0.1, 0.15) is 47.8 Å². The summed E-state index contributed by atoms with van der Waals surface area (Å²) in [6.45, 7) is 5.51. The van der Waals surface area contributed by atoms with Crippen molar-refractivity contribution < 1.29 is 19.8 Å². The van der Waals surface area contributed by atoms with Gasteiger partial charge in [0.05, 0.1) is 21.5 Å². The van der Waals surface area contributed by atoms with E-state index >= 15 is 0 Å². The Morgan fingerprint density at radius 3 is 2.38 bits per heavy atom. The number of nitrogens with zero attached hydrogens (tertiary/aromatic N) is 1. The fourth-order valence-corrected chi connectivity index (χ4v) is 4.03. The molecule has 7 heteroatoms. The standard InChI is InChI=1S/C22H21Cl2NO4/c1-4-11(2)19(22(28)29)20-12(3)25(18-8-6-14(26)10-15(18)20)21(27)13-5-7-16(23)17(24)9-13/h5-11,19,26H,4H2,1-3H3,(H,28,29)/t11-,19?/m0/s1. The molecule has 0 aliphatic heterocycles. The highest BCUT2D eigenvalue weighted by molar-refractivity contribution is 6.42. The molecule has 3 aromatic rings. The van der Waals surface area contributed by atoms with Gasteiger partial charge >= 0.3 is 5.97 Å². The number of halogens is 2. The number of benzene rings is 2. The minimum Gasteiger partial charge on any atom is -0.508 e. The molecular weight excluding hydrogens is 413 g/mol. The van der Waals surface area contributed by atoms with Crippen molar-refractivity contribution in [3.63, 3.8) is 0 Å². The van der Waals surface area contributed by atoms with Gasteiger partial charge in [-0.05, 0) is 54.8 Å². The van der Waals surface area contributed by atoms with E-state index in [0.717, 1.165) is 0 Å². The highest BCUT2D eigenvalue weighted by Gasteiger charge is 2.32. The van der Waals surface area contributed by atoms with Gasteiger partial charge in [0, 0.05) is 16.6 Å². The van der Waals surface area contributed by atoms with Crippen LogP contribution in [-0.2, 0) is 4.79 Å². The van der Waals surface area contributed by atoms with Crippen molar-refractivity contribution in [2.75, 3.05) is 0 Å². The Hall–Kier alpha value is -2.50. The van der Waals surface area contributed by atoms with E-state index in [-0.39, 0.29) is 22.6 Å². The van der Waals surface area contributed by atoms with Crippen molar-refractivity contribution >= 4 is 46.0 Å². The second kappa shape index (κ2) is 8.09. The Labute approximate surface area is 178 Å². The molecule has 0 saturated carbocycles. The number of fused-ring (bicyclic) bond motifs is 1. The van der Waals surface area contributed by atoms with Crippen LogP contribution in [0.25, 0.3) is 10.9 Å². The third-order valence-electron chi connectivity index (χ3n) is 5.40. The molecule has 1 aromatic heterocycles. The number of hydrogen-bond donors (Lipinski definition) is 2. The van der Waals surface area contributed by atoms with Gasteiger partial charge in [0.1, 0.15) is 5.75 Å². The van der Waals surface area contributed by atoms with E-state index < -0.39 is 11.9 Å². The van der Waals surface area contributed by atoms with Crippen molar-refractivity contribution in [3.8, 4) is 5.75 Å². The highest BCUT2D eigenvalue weighted by Crippen LogP contribution is 2.39. The van der Waals surface area contributed by atoms with Crippen LogP contribution in [0, 0.1) is 12.8 Å². The third-order valence-corrected chi connectivity index (χ3v) is 6.14. The van der Waals surface area contributed by atoms with Crippen LogP contribution in [0.4, 0.5) is 0 Å². The van der Waals surface area contributed by atoms with Gasteiger partial charge in [-0.25, -0.2) is 0 Å². The Kier molecular flexibility index (Phi) is 5.92. The molecule has 3 rings (SSSR count). The van der Waals surface area contributed by atoms with Gasteiger partial charge in [-0.3, -0.25) is 14.2 Å². The molecule has 0 spiro atoms. The second-order valence-corrected chi connectivity index (χ2v) is 7.99. The zero-order valence-corrected chi connectivity index (χ0v) is 17.8. The first-order valence-electron chi connectivity index (χ1n) is 9.23. The molecule has 0 aliphatic rings. The normalized spacial score (nSPS) is 13.4. The predicted octanol–water partition coefficient (Wildman–Crippen LogP) is 5.86. The van der Waals surface area contributed by atoms with Gasteiger partial charge in [0.25, 0.3) is 5.91 Å². The van der Waals surface area contributed by atoms with E-state index in [1.807, 2.05) is 13.8 Å². The van der Waals surface area contributed by atoms with Gasteiger partial charge < -0.3 is 10.2 Å². The quantitative estimate of drug-likeness (QED) is 0.527. The second-order valence-electron chi connectivity index (χ2n) is 7.17. The number of carboxylic acids is 1.